The van der Waals surface area contributed by atoms with Crippen LogP contribution in [0, 0.1) is 23.7 Å². The summed E-state index contributed by atoms with van der Waals surface area (Å²) < 4.78 is 0. The van der Waals surface area contributed by atoms with Crippen molar-refractivity contribution < 1.29 is 0 Å². The van der Waals surface area contributed by atoms with Crippen molar-refractivity contribution in [3.8, 4) is 22.3 Å². The number of rotatable bonds is 8. The molecule has 5 aliphatic rings. The van der Waals surface area contributed by atoms with E-state index in [1.807, 2.05) is 22.3 Å². The second-order valence-electron chi connectivity index (χ2n) is 16.5. The van der Waals surface area contributed by atoms with E-state index in [1.165, 1.54) is 123 Å². The van der Waals surface area contributed by atoms with Gasteiger partial charge in [0.25, 0.3) is 0 Å². The Morgan fingerprint density at radius 2 is 0.820 bits per heavy atom. The van der Waals surface area contributed by atoms with Gasteiger partial charge in [-0.3, -0.25) is 0 Å². The van der Waals surface area contributed by atoms with E-state index in [1.54, 1.807) is 22.3 Å². The first-order chi connectivity index (χ1) is 24.7. The molecule has 4 aromatic carbocycles. The summed E-state index contributed by atoms with van der Waals surface area (Å²) in [5.41, 5.74) is 22.5. The Balaban J connectivity index is 1.23. The first-order valence-corrected chi connectivity index (χ1v) is 20.6. The van der Waals surface area contributed by atoms with E-state index in [9.17, 15) is 0 Å². The Hall–Kier alpha value is -3.64. The molecular formula is C50H56. The molecule has 0 nitrogen and oxygen atoms in total. The van der Waals surface area contributed by atoms with Crippen molar-refractivity contribution in [1.82, 2.24) is 0 Å². The van der Waals surface area contributed by atoms with E-state index < -0.39 is 0 Å². The van der Waals surface area contributed by atoms with Crippen molar-refractivity contribution in [3.63, 3.8) is 0 Å². The summed E-state index contributed by atoms with van der Waals surface area (Å²) in [7, 11) is 0. The zero-order valence-corrected chi connectivity index (χ0v) is 30.7. The lowest BCUT2D eigenvalue weighted by molar-refractivity contribution is 0.353. The first-order valence-electron chi connectivity index (χ1n) is 20.6. The third-order valence-electron chi connectivity index (χ3n) is 13.8. The Labute approximate surface area is 302 Å². The molecule has 2 atom stereocenters. The van der Waals surface area contributed by atoms with Gasteiger partial charge in [-0.15, -0.1) is 0 Å². The minimum Gasteiger partial charge on any atom is -0.0613 e. The fraction of sp³-hybridized carbons (Fsp3) is 0.440. The number of hydrogen-bond donors (Lipinski definition) is 0. The predicted octanol–water partition coefficient (Wildman–Crippen LogP) is 13.7. The first kappa shape index (κ1) is 32.3. The van der Waals surface area contributed by atoms with Gasteiger partial charge in [0.2, 0.25) is 0 Å². The van der Waals surface area contributed by atoms with E-state index in [4.69, 9.17) is 0 Å². The van der Waals surface area contributed by atoms with E-state index in [0.29, 0.717) is 11.8 Å². The van der Waals surface area contributed by atoms with E-state index in [0.717, 1.165) is 24.7 Å². The number of allylic oxidation sites excluding steroid dienone is 4. The Bertz CT molecular complexity index is 1770. The van der Waals surface area contributed by atoms with Crippen LogP contribution in [0.25, 0.3) is 33.4 Å². The average Bonchev–Trinajstić information content (AvgIpc) is 4.01. The van der Waals surface area contributed by atoms with Crippen LogP contribution in [0.3, 0.4) is 0 Å². The van der Waals surface area contributed by atoms with Gasteiger partial charge in [-0.25, -0.2) is 0 Å². The second kappa shape index (κ2) is 13.8. The van der Waals surface area contributed by atoms with Gasteiger partial charge in [0, 0.05) is 0 Å². The molecule has 0 saturated heterocycles. The third kappa shape index (κ3) is 5.66. The number of aryl methyl sites for hydroxylation is 2. The lowest BCUT2D eigenvalue weighted by Gasteiger charge is -2.38. The summed E-state index contributed by atoms with van der Waals surface area (Å²) in [5.74, 6) is 2.73. The van der Waals surface area contributed by atoms with Crippen LogP contribution in [-0.2, 0) is 25.7 Å². The van der Waals surface area contributed by atoms with Crippen LogP contribution in [0.2, 0.25) is 0 Å². The summed E-state index contributed by atoms with van der Waals surface area (Å²) in [4.78, 5) is 0. The highest BCUT2D eigenvalue weighted by molar-refractivity contribution is 5.93. The maximum absolute atomic E-state index is 2.49. The quantitative estimate of drug-likeness (QED) is 0.177. The standard InChI is InChI=1S/C50H56/c1-3-33-23-27-37(28-24-33)41-21-11-17-39-31-45(35-13-5-6-14-35)49(47(39)41)43-19-9-10-20-44(43)50-46(36-15-7-8-16-36)32-40-18-12-22-42(48(40)50)38-29-25-34(4-2)26-30-38/h11-12,17-18,21-30,35-36,43-44H,3-10,13-16,19-20,31-32H2,1-2H3. The Morgan fingerprint density at radius 3 is 1.20 bits per heavy atom. The SMILES string of the molecule is CCc1ccc(-c2cccc3c2C(C2CCCCC2C2=C(C4CCCC4)Cc4cccc(-c5ccc(CC)cc5)c42)=C(C2CCCC2)C3)cc1. The van der Waals surface area contributed by atoms with Crippen LogP contribution in [0.1, 0.15) is 124 Å². The van der Waals surface area contributed by atoms with Crippen LogP contribution < -0.4 is 0 Å². The van der Waals surface area contributed by atoms with Crippen LogP contribution >= 0.6 is 0 Å². The molecule has 4 aromatic rings. The Morgan fingerprint density at radius 1 is 0.440 bits per heavy atom. The fourth-order valence-corrected chi connectivity index (χ4v) is 11.3. The van der Waals surface area contributed by atoms with Crippen molar-refractivity contribution in [3.05, 3.63) is 129 Å². The van der Waals surface area contributed by atoms with Gasteiger partial charge in [-0.05, 0) is 155 Å². The number of benzene rings is 4. The highest BCUT2D eigenvalue weighted by atomic mass is 14.5. The van der Waals surface area contributed by atoms with Crippen molar-refractivity contribution in [2.45, 2.75) is 117 Å². The van der Waals surface area contributed by atoms with Gasteiger partial charge < -0.3 is 0 Å². The molecule has 0 bridgehead atoms. The lowest BCUT2D eigenvalue weighted by Crippen LogP contribution is -2.24. The molecule has 0 aromatic heterocycles. The molecule has 2 unspecified atom stereocenters. The summed E-state index contributed by atoms with van der Waals surface area (Å²) in [6, 6.07) is 33.8. The Kier molecular flexibility index (Phi) is 8.92. The molecule has 50 heavy (non-hydrogen) atoms. The van der Waals surface area contributed by atoms with Gasteiger partial charge in [0.15, 0.2) is 0 Å². The normalized spacial score (nSPS) is 22.5. The number of fused-ring (bicyclic) bond motifs is 2. The molecule has 0 amide bonds. The van der Waals surface area contributed by atoms with E-state index >= 15 is 0 Å². The van der Waals surface area contributed by atoms with E-state index in [2.05, 4.69) is 98.8 Å². The van der Waals surface area contributed by atoms with Gasteiger partial charge in [0.1, 0.15) is 0 Å². The zero-order valence-electron chi connectivity index (χ0n) is 30.7. The van der Waals surface area contributed by atoms with Crippen molar-refractivity contribution in [2.24, 2.45) is 23.7 Å². The topological polar surface area (TPSA) is 0 Å². The summed E-state index contributed by atoms with van der Waals surface area (Å²) in [5, 5.41) is 0. The molecule has 3 fully saturated rings. The van der Waals surface area contributed by atoms with Crippen LogP contribution in [0.4, 0.5) is 0 Å². The molecule has 0 spiro atoms. The number of hydrogen-bond acceptors (Lipinski definition) is 0. The summed E-state index contributed by atoms with van der Waals surface area (Å²) in [6.45, 7) is 4.54. The molecule has 0 aliphatic heterocycles. The van der Waals surface area contributed by atoms with Gasteiger partial charge in [0.05, 0.1) is 0 Å². The molecule has 5 aliphatic carbocycles. The molecule has 0 radical (unpaired) electrons. The fourth-order valence-electron chi connectivity index (χ4n) is 11.3. The van der Waals surface area contributed by atoms with Crippen molar-refractivity contribution in [2.75, 3.05) is 0 Å². The molecule has 0 heteroatoms. The van der Waals surface area contributed by atoms with Gasteiger partial charge in [-0.2, -0.15) is 0 Å². The maximum atomic E-state index is 2.49. The van der Waals surface area contributed by atoms with Gasteiger partial charge >= 0.3 is 0 Å². The van der Waals surface area contributed by atoms with Crippen LogP contribution in [-0.4, -0.2) is 0 Å². The highest BCUT2D eigenvalue weighted by Gasteiger charge is 2.43. The summed E-state index contributed by atoms with van der Waals surface area (Å²) in [6.07, 6.45) is 21.1. The molecule has 0 heterocycles. The van der Waals surface area contributed by atoms with Gasteiger partial charge in [-0.1, -0.05) is 148 Å². The maximum Gasteiger partial charge on any atom is -0.00519 e. The third-order valence-corrected chi connectivity index (χ3v) is 13.8. The second-order valence-corrected chi connectivity index (χ2v) is 16.5. The molecule has 256 valence electrons. The molecular weight excluding hydrogens is 601 g/mol. The van der Waals surface area contributed by atoms with Crippen molar-refractivity contribution >= 4 is 11.1 Å². The zero-order chi connectivity index (χ0) is 33.6. The predicted molar refractivity (Wildman–Crippen MR) is 213 cm³/mol. The molecule has 0 N–H and O–H groups in total. The lowest BCUT2D eigenvalue weighted by atomic mass is 9.66. The van der Waals surface area contributed by atoms with Crippen LogP contribution in [0.5, 0.6) is 0 Å². The minimum atomic E-state index is 0.601. The summed E-state index contributed by atoms with van der Waals surface area (Å²) >= 11 is 0. The van der Waals surface area contributed by atoms with E-state index in [-0.39, 0.29) is 0 Å². The molecule has 9 rings (SSSR count). The monoisotopic (exact) mass is 656 g/mol. The molecule has 3 saturated carbocycles. The smallest absolute Gasteiger partial charge is 0.00519 e. The highest BCUT2D eigenvalue weighted by Crippen LogP contribution is 2.58. The largest absolute Gasteiger partial charge is 0.0613 e. The van der Waals surface area contributed by atoms with Crippen LogP contribution in [0.15, 0.2) is 96.1 Å². The van der Waals surface area contributed by atoms with Crippen molar-refractivity contribution in [1.29, 1.82) is 0 Å². The average molecular weight is 657 g/mol. The minimum absolute atomic E-state index is 0.601.